The Morgan fingerprint density at radius 3 is 2.50 bits per heavy atom. The van der Waals surface area contributed by atoms with Gasteiger partial charge in [0.2, 0.25) is 0 Å². The molecular weight excluding hydrogens is 365 g/mol. The highest BCUT2D eigenvalue weighted by Crippen LogP contribution is 2.24. The number of aromatic nitrogens is 2. The number of anilines is 1. The third kappa shape index (κ3) is 3.26. The van der Waals surface area contributed by atoms with Gasteiger partial charge in [-0.2, -0.15) is 5.10 Å². The van der Waals surface area contributed by atoms with E-state index in [4.69, 9.17) is 10.5 Å². The predicted molar refractivity (Wildman–Crippen MR) is 90.1 cm³/mol. The van der Waals surface area contributed by atoms with Crippen LogP contribution in [0.4, 0.5) is 5.82 Å². The van der Waals surface area contributed by atoms with Crippen LogP contribution in [0, 0.1) is 10.5 Å². The van der Waals surface area contributed by atoms with E-state index in [9.17, 15) is 0 Å². The third-order valence-electron chi connectivity index (χ3n) is 3.47. The van der Waals surface area contributed by atoms with Crippen LogP contribution >= 0.6 is 22.6 Å². The second-order valence-electron chi connectivity index (χ2n) is 4.96. The molecule has 0 saturated carbocycles. The first-order chi connectivity index (χ1) is 9.52. The van der Waals surface area contributed by atoms with Gasteiger partial charge in [-0.15, -0.1) is 0 Å². The van der Waals surface area contributed by atoms with Crippen molar-refractivity contribution < 1.29 is 4.74 Å². The van der Waals surface area contributed by atoms with Crippen molar-refractivity contribution in [1.82, 2.24) is 9.78 Å². The minimum Gasteiger partial charge on any atom is -0.497 e. The van der Waals surface area contributed by atoms with E-state index in [1.165, 1.54) is 5.56 Å². The van der Waals surface area contributed by atoms with Gasteiger partial charge in [-0.05, 0) is 67.0 Å². The van der Waals surface area contributed by atoms with Gasteiger partial charge in [0.15, 0.2) is 0 Å². The summed E-state index contributed by atoms with van der Waals surface area (Å²) in [5, 5.41) is 4.51. The van der Waals surface area contributed by atoms with E-state index in [2.05, 4.69) is 46.7 Å². The van der Waals surface area contributed by atoms with Crippen LogP contribution in [0.5, 0.6) is 5.75 Å². The molecule has 0 aliphatic carbocycles. The van der Waals surface area contributed by atoms with Crippen molar-refractivity contribution in [3.05, 3.63) is 39.1 Å². The van der Waals surface area contributed by atoms with Gasteiger partial charge < -0.3 is 10.5 Å². The summed E-state index contributed by atoms with van der Waals surface area (Å²) < 4.78 is 8.15. The molecule has 2 N–H and O–H groups in total. The molecular formula is C15H20IN3O. The van der Waals surface area contributed by atoms with Gasteiger partial charge in [-0.1, -0.05) is 12.1 Å². The summed E-state index contributed by atoms with van der Waals surface area (Å²) in [5.74, 6) is 1.66. The Morgan fingerprint density at radius 2 is 2.00 bits per heavy atom. The second-order valence-corrected chi connectivity index (χ2v) is 6.04. The lowest BCUT2D eigenvalue weighted by Crippen LogP contribution is -2.11. The highest BCUT2D eigenvalue weighted by Gasteiger charge is 2.14. The molecule has 0 radical (unpaired) electrons. The maximum atomic E-state index is 6.09. The number of benzene rings is 1. The highest BCUT2D eigenvalue weighted by molar-refractivity contribution is 14.1. The van der Waals surface area contributed by atoms with Crippen molar-refractivity contribution in [1.29, 1.82) is 0 Å². The van der Waals surface area contributed by atoms with Gasteiger partial charge in [0.25, 0.3) is 0 Å². The van der Waals surface area contributed by atoms with Crippen LogP contribution in [-0.2, 0) is 6.42 Å². The first-order valence-electron chi connectivity index (χ1n) is 6.66. The molecule has 1 heterocycles. The van der Waals surface area contributed by atoms with Gasteiger partial charge in [0, 0.05) is 0 Å². The van der Waals surface area contributed by atoms with Crippen LogP contribution in [0.1, 0.15) is 30.6 Å². The normalized spacial score (nSPS) is 12.4. The Balaban J connectivity index is 2.00. The standard InChI is InChI=1S/C15H20IN3O/c1-10(19-15(17)14(16)11(2)18-19)4-5-12-6-8-13(20-3)9-7-12/h6-10H,4-5,17H2,1-3H3. The Bertz CT molecular complexity index is 578. The van der Waals surface area contributed by atoms with Crippen molar-refractivity contribution >= 4 is 28.4 Å². The molecule has 0 aliphatic rings. The maximum Gasteiger partial charge on any atom is 0.135 e. The van der Waals surface area contributed by atoms with Crippen molar-refractivity contribution in [3.63, 3.8) is 0 Å². The first-order valence-corrected chi connectivity index (χ1v) is 7.73. The average molecular weight is 385 g/mol. The molecule has 5 heteroatoms. The smallest absolute Gasteiger partial charge is 0.135 e. The molecule has 2 rings (SSSR count). The molecule has 1 aromatic heterocycles. The molecule has 1 unspecified atom stereocenters. The van der Waals surface area contributed by atoms with Crippen LogP contribution in [0.25, 0.3) is 0 Å². The first kappa shape index (κ1) is 15.2. The third-order valence-corrected chi connectivity index (χ3v) is 4.81. The van der Waals surface area contributed by atoms with Gasteiger partial charge in [0.05, 0.1) is 22.4 Å². The van der Waals surface area contributed by atoms with E-state index in [0.29, 0.717) is 6.04 Å². The molecule has 0 spiro atoms. The Labute approximate surface area is 133 Å². The van der Waals surface area contributed by atoms with E-state index in [0.717, 1.165) is 33.7 Å². The number of hydrogen-bond acceptors (Lipinski definition) is 3. The van der Waals surface area contributed by atoms with Crippen LogP contribution in [-0.4, -0.2) is 16.9 Å². The van der Waals surface area contributed by atoms with Crippen LogP contribution in [0.3, 0.4) is 0 Å². The Kier molecular flexibility index (Phi) is 4.91. The summed E-state index contributed by atoms with van der Waals surface area (Å²) in [6, 6.07) is 8.49. The molecule has 1 aromatic carbocycles. The number of nitrogen functional groups attached to an aromatic ring is 1. The molecule has 108 valence electrons. The number of ether oxygens (including phenoxy) is 1. The summed E-state index contributed by atoms with van der Waals surface area (Å²) in [4.78, 5) is 0. The maximum absolute atomic E-state index is 6.09. The lowest BCUT2D eigenvalue weighted by molar-refractivity contribution is 0.414. The number of rotatable bonds is 5. The monoisotopic (exact) mass is 385 g/mol. The Hall–Kier alpha value is -1.24. The van der Waals surface area contributed by atoms with Crippen molar-refractivity contribution in [3.8, 4) is 5.75 Å². The van der Waals surface area contributed by atoms with Crippen molar-refractivity contribution in [2.45, 2.75) is 32.7 Å². The van der Waals surface area contributed by atoms with Gasteiger partial charge >= 0.3 is 0 Å². The number of nitrogens with two attached hydrogens (primary N) is 1. The Morgan fingerprint density at radius 1 is 1.35 bits per heavy atom. The molecule has 1 atom stereocenters. The summed E-state index contributed by atoms with van der Waals surface area (Å²) in [6.07, 6.45) is 2.01. The SMILES string of the molecule is COc1ccc(CCC(C)n2nc(C)c(I)c2N)cc1. The lowest BCUT2D eigenvalue weighted by Gasteiger charge is -2.14. The molecule has 4 nitrogen and oxygen atoms in total. The molecule has 0 bridgehead atoms. The number of hydrogen-bond donors (Lipinski definition) is 1. The second kappa shape index (κ2) is 6.47. The number of nitrogens with zero attached hydrogens (tertiary/aromatic N) is 2. The number of halogens is 1. The molecule has 0 aliphatic heterocycles. The quantitative estimate of drug-likeness (QED) is 0.801. The molecule has 0 fully saturated rings. The van der Waals surface area contributed by atoms with Gasteiger partial charge in [0.1, 0.15) is 11.6 Å². The van der Waals surface area contributed by atoms with Crippen molar-refractivity contribution in [2.24, 2.45) is 0 Å². The summed E-state index contributed by atoms with van der Waals surface area (Å²) in [6.45, 7) is 4.15. The fourth-order valence-electron chi connectivity index (χ4n) is 2.17. The molecule has 2 aromatic rings. The minimum absolute atomic E-state index is 0.291. The van der Waals surface area contributed by atoms with E-state index in [-0.39, 0.29) is 0 Å². The van der Waals surface area contributed by atoms with E-state index in [1.54, 1.807) is 7.11 Å². The number of methoxy groups -OCH3 is 1. The van der Waals surface area contributed by atoms with Gasteiger partial charge in [-0.25, -0.2) is 4.68 Å². The lowest BCUT2D eigenvalue weighted by atomic mass is 10.1. The van der Waals surface area contributed by atoms with E-state index in [1.807, 2.05) is 23.7 Å². The minimum atomic E-state index is 0.291. The number of aryl methyl sites for hydroxylation is 2. The van der Waals surface area contributed by atoms with Crippen LogP contribution < -0.4 is 10.5 Å². The summed E-state index contributed by atoms with van der Waals surface area (Å²) in [5.41, 5.74) is 8.39. The largest absolute Gasteiger partial charge is 0.497 e. The highest BCUT2D eigenvalue weighted by atomic mass is 127. The predicted octanol–water partition coefficient (Wildman–Crippen LogP) is 3.58. The summed E-state index contributed by atoms with van der Waals surface area (Å²) >= 11 is 2.25. The van der Waals surface area contributed by atoms with E-state index >= 15 is 0 Å². The fraction of sp³-hybridized carbons (Fsp3) is 0.400. The van der Waals surface area contributed by atoms with Gasteiger partial charge in [-0.3, -0.25) is 0 Å². The molecule has 0 saturated heterocycles. The average Bonchev–Trinajstić information content (AvgIpc) is 2.73. The molecule has 20 heavy (non-hydrogen) atoms. The van der Waals surface area contributed by atoms with Crippen molar-refractivity contribution in [2.75, 3.05) is 12.8 Å². The van der Waals surface area contributed by atoms with Crippen LogP contribution in [0.2, 0.25) is 0 Å². The summed E-state index contributed by atoms with van der Waals surface area (Å²) in [7, 11) is 1.68. The fourth-order valence-corrected chi connectivity index (χ4v) is 2.53. The zero-order valence-corrected chi connectivity index (χ0v) is 14.2. The van der Waals surface area contributed by atoms with Crippen LogP contribution in [0.15, 0.2) is 24.3 Å². The zero-order chi connectivity index (χ0) is 14.7. The van der Waals surface area contributed by atoms with E-state index < -0.39 is 0 Å². The topological polar surface area (TPSA) is 53.1 Å². The zero-order valence-electron chi connectivity index (χ0n) is 12.1. The molecule has 0 amide bonds.